The van der Waals surface area contributed by atoms with Gasteiger partial charge in [-0.1, -0.05) is 18.2 Å². The lowest BCUT2D eigenvalue weighted by molar-refractivity contribution is 0.0751. The van der Waals surface area contributed by atoms with Crippen molar-refractivity contribution in [2.45, 2.75) is 13.5 Å². The van der Waals surface area contributed by atoms with E-state index in [4.69, 9.17) is 4.74 Å². The van der Waals surface area contributed by atoms with E-state index in [1.165, 1.54) is 10.4 Å². The molecule has 0 saturated carbocycles. The lowest BCUT2D eigenvalue weighted by atomic mass is 10.0. The van der Waals surface area contributed by atoms with Crippen molar-refractivity contribution in [2.75, 3.05) is 31.1 Å². The molecule has 0 aliphatic carbocycles. The van der Waals surface area contributed by atoms with E-state index in [1.807, 2.05) is 47.5 Å². The van der Waals surface area contributed by atoms with Gasteiger partial charge in [0.15, 0.2) is 0 Å². The number of pyridine rings is 1. The van der Waals surface area contributed by atoms with Crippen molar-refractivity contribution in [1.29, 1.82) is 0 Å². The fraction of sp³-hybridized carbons (Fsp3) is 0.273. The number of thiophene rings is 1. The second-order valence-electron chi connectivity index (χ2n) is 7.17. The minimum Gasteiger partial charge on any atom is -0.488 e. The van der Waals surface area contributed by atoms with Gasteiger partial charge in [-0.2, -0.15) is 0 Å². The fourth-order valence-corrected chi connectivity index (χ4v) is 5.15. The second kappa shape index (κ2) is 6.95. The first-order valence-corrected chi connectivity index (χ1v) is 10.3. The number of hydrogen-bond acceptors (Lipinski definition) is 5. The molecule has 0 atom stereocenters. The largest absolute Gasteiger partial charge is 0.488 e. The Hall–Kier alpha value is -2.86. The average molecular weight is 391 g/mol. The van der Waals surface area contributed by atoms with Crippen LogP contribution in [0.15, 0.2) is 48.7 Å². The molecular formula is C22H21N3O2S. The number of carbonyl (C=O) groups excluding carboxylic acids is 1. The second-order valence-corrected chi connectivity index (χ2v) is 8.22. The number of ether oxygens (including phenoxy) is 1. The topological polar surface area (TPSA) is 45.7 Å². The molecule has 0 bridgehead atoms. The maximum atomic E-state index is 13.1. The van der Waals surface area contributed by atoms with Crippen LogP contribution in [0.5, 0.6) is 5.75 Å². The Bertz CT molecular complexity index is 1020. The molecule has 142 valence electrons. The van der Waals surface area contributed by atoms with Gasteiger partial charge in [-0.3, -0.25) is 4.79 Å². The van der Waals surface area contributed by atoms with E-state index in [2.05, 4.69) is 22.9 Å². The van der Waals surface area contributed by atoms with Crippen LogP contribution in [0, 0.1) is 6.92 Å². The molecule has 3 aromatic rings. The molecule has 0 N–H and O–H groups in total. The highest BCUT2D eigenvalue weighted by Crippen LogP contribution is 2.44. The number of anilines is 1. The zero-order chi connectivity index (χ0) is 19.1. The molecule has 1 saturated heterocycles. The summed E-state index contributed by atoms with van der Waals surface area (Å²) in [4.78, 5) is 23.7. The Labute approximate surface area is 168 Å². The quantitative estimate of drug-likeness (QED) is 0.663. The Kier molecular flexibility index (Phi) is 4.28. The standard InChI is InChI=1S/C22H21N3O2S/c1-15-5-4-6-17-20(15)21-16(14-27-17)13-18(28-21)22(26)25-11-9-24(10-12-25)19-7-2-3-8-23-19/h2-8,13H,9-12,14H2,1H3. The number of fused-ring (bicyclic) bond motifs is 3. The molecule has 0 unspecified atom stereocenters. The highest BCUT2D eigenvalue weighted by Gasteiger charge is 2.28. The monoisotopic (exact) mass is 391 g/mol. The first kappa shape index (κ1) is 17.3. The molecule has 2 aromatic heterocycles. The van der Waals surface area contributed by atoms with Crippen molar-refractivity contribution in [2.24, 2.45) is 0 Å². The Morgan fingerprint density at radius 1 is 1.11 bits per heavy atom. The molecule has 4 heterocycles. The molecule has 6 heteroatoms. The number of nitrogens with zero attached hydrogens (tertiary/aromatic N) is 3. The van der Waals surface area contributed by atoms with Gasteiger partial charge in [0.25, 0.3) is 5.91 Å². The van der Waals surface area contributed by atoms with E-state index in [1.54, 1.807) is 11.3 Å². The summed E-state index contributed by atoms with van der Waals surface area (Å²) in [6, 6.07) is 14.1. The summed E-state index contributed by atoms with van der Waals surface area (Å²) >= 11 is 1.59. The van der Waals surface area contributed by atoms with Crippen molar-refractivity contribution in [1.82, 2.24) is 9.88 Å². The molecule has 1 amide bonds. The van der Waals surface area contributed by atoms with Gasteiger partial charge in [-0.15, -0.1) is 11.3 Å². The molecular weight excluding hydrogens is 370 g/mol. The maximum Gasteiger partial charge on any atom is 0.264 e. The van der Waals surface area contributed by atoms with E-state index in [0.717, 1.165) is 40.7 Å². The summed E-state index contributed by atoms with van der Waals surface area (Å²) in [6.45, 7) is 5.66. The van der Waals surface area contributed by atoms with E-state index >= 15 is 0 Å². The summed E-state index contributed by atoms with van der Waals surface area (Å²) in [5.41, 5.74) is 3.43. The third kappa shape index (κ3) is 2.94. The predicted molar refractivity (Wildman–Crippen MR) is 111 cm³/mol. The first-order valence-electron chi connectivity index (χ1n) is 9.51. The van der Waals surface area contributed by atoms with Crippen LogP contribution in [0.25, 0.3) is 10.4 Å². The van der Waals surface area contributed by atoms with E-state index in [9.17, 15) is 4.79 Å². The summed E-state index contributed by atoms with van der Waals surface area (Å²) in [5, 5.41) is 0. The van der Waals surface area contributed by atoms with Crippen molar-refractivity contribution in [3.8, 4) is 16.2 Å². The van der Waals surface area contributed by atoms with Gasteiger partial charge in [0, 0.05) is 48.4 Å². The smallest absolute Gasteiger partial charge is 0.264 e. The van der Waals surface area contributed by atoms with Crippen LogP contribution >= 0.6 is 11.3 Å². The molecule has 0 spiro atoms. The van der Waals surface area contributed by atoms with E-state index in [0.29, 0.717) is 19.7 Å². The molecule has 5 rings (SSSR count). The minimum atomic E-state index is 0.121. The van der Waals surface area contributed by atoms with Crippen LogP contribution in [0.3, 0.4) is 0 Å². The molecule has 5 nitrogen and oxygen atoms in total. The highest BCUT2D eigenvalue weighted by molar-refractivity contribution is 7.17. The lowest BCUT2D eigenvalue weighted by Gasteiger charge is -2.35. The predicted octanol–water partition coefficient (Wildman–Crippen LogP) is 3.97. The van der Waals surface area contributed by atoms with Crippen LogP contribution in [-0.2, 0) is 6.61 Å². The Morgan fingerprint density at radius 3 is 2.75 bits per heavy atom. The van der Waals surface area contributed by atoms with Crippen LogP contribution in [0.2, 0.25) is 0 Å². The molecule has 0 radical (unpaired) electrons. The highest BCUT2D eigenvalue weighted by atomic mass is 32.1. The number of carbonyl (C=O) groups is 1. The summed E-state index contributed by atoms with van der Waals surface area (Å²) in [7, 11) is 0. The van der Waals surface area contributed by atoms with Crippen molar-refractivity contribution in [3.63, 3.8) is 0 Å². The van der Waals surface area contributed by atoms with Gasteiger partial charge in [0.1, 0.15) is 18.2 Å². The van der Waals surface area contributed by atoms with Crippen LogP contribution < -0.4 is 9.64 Å². The van der Waals surface area contributed by atoms with Crippen molar-refractivity contribution < 1.29 is 9.53 Å². The van der Waals surface area contributed by atoms with Crippen molar-refractivity contribution in [3.05, 3.63) is 64.7 Å². The normalized spacial score (nSPS) is 15.6. The Morgan fingerprint density at radius 2 is 1.96 bits per heavy atom. The van der Waals surface area contributed by atoms with Gasteiger partial charge >= 0.3 is 0 Å². The average Bonchev–Trinajstić information content (AvgIpc) is 3.18. The third-order valence-electron chi connectivity index (χ3n) is 5.40. The molecule has 2 aliphatic rings. The van der Waals surface area contributed by atoms with Gasteiger partial charge in [-0.25, -0.2) is 4.98 Å². The Balaban J connectivity index is 1.35. The SMILES string of the molecule is Cc1cccc2c1-c1sc(C(=O)N3CCN(c4ccccn4)CC3)cc1CO2. The zero-order valence-corrected chi connectivity index (χ0v) is 16.5. The van der Waals surface area contributed by atoms with Crippen LogP contribution in [0.4, 0.5) is 5.82 Å². The number of aryl methyl sites for hydroxylation is 1. The molecule has 28 heavy (non-hydrogen) atoms. The minimum absolute atomic E-state index is 0.121. The van der Waals surface area contributed by atoms with Gasteiger partial charge in [-0.05, 0) is 36.8 Å². The number of benzene rings is 1. The fourth-order valence-electron chi connectivity index (χ4n) is 3.90. The number of aromatic nitrogens is 1. The molecule has 1 fully saturated rings. The molecule has 1 aromatic carbocycles. The summed E-state index contributed by atoms with van der Waals surface area (Å²) in [6.07, 6.45) is 1.81. The van der Waals surface area contributed by atoms with Gasteiger partial charge in [0.05, 0.1) is 4.88 Å². The summed E-state index contributed by atoms with van der Waals surface area (Å²) in [5.74, 6) is 2.01. The van der Waals surface area contributed by atoms with E-state index in [-0.39, 0.29) is 5.91 Å². The molecule has 2 aliphatic heterocycles. The zero-order valence-electron chi connectivity index (χ0n) is 15.7. The van der Waals surface area contributed by atoms with Crippen LogP contribution in [0.1, 0.15) is 20.8 Å². The first-order chi connectivity index (χ1) is 13.7. The maximum absolute atomic E-state index is 13.1. The van der Waals surface area contributed by atoms with Crippen molar-refractivity contribution >= 4 is 23.1 Å². The van der Waals surface area contributed by atoms with Crippen LogP contribution in [-0.4, -0.2) is 42.0 Å². The van der Waals surface area contributed by atoms with Gasteiger partial charge < -0.3 is 14.5 Å². The number of piperazine rings is 1. The number of rotatable bonds is 2. The number of amides is 1. The van der Waals surface area contributed by atoms with Gasteiger partial charge in [0.2, 0.25) is 0 Å². The lowest BCUT2D eigenvalue weighted by Crippen LogP contribution is -2.48. The third-order valence-corrected chi connectivity index (χ3v) is 6.59. The van der Waals surface area contributed by atoms with E-state index < -0.39 is 0 Å². The summed E-state index contributed by atoms with van der Waals surface area (Å²) < 4.78 is 5.90. The number of hydrogen-bond donors (Lipinski definition) is 0.